The Balaban J connectivity index is 1.13. The molecule has 0 amide bonds. The number of hydrogen-bond donors (Lipinski definition) is 2. The second-order valence-corrected chi connectivity index (χ2v) is 10.1. The van der Waals surface area contributed by atoms with Gasteiger partial charge in [-0.05, 0) is 60.5 Å². The lowest BCUT2D eigenvalue weighted by atomic mass is 10.1. The quantitative estimate of drug-likeness (QED) is 0.274. The first kappa shape index (κ1) is 26.7. The first-order valence-corrected chi connectivity index (χ1v) is 13.7. The Morgan fingerprint density at radius 2 is 1.61 bits per heavy atom. The van der Waals surface area contributed by atoms with Gasteiger partial charge < -0.3 is 14.8 Å². The molecule has 1 aliphatic heterocycles. The van der Waals surface area contributed by atoms with E-state index in [1.807, 2.05) is 55.5 Å². The molecule has 2 aromatic carbocycles. The lowest BCUT2D eigenvalue weighted by Crippen LogP contribution is -2.46. The fraction of sp³-hybridized carbons (Fsp3) is 0.258. The molecule has 1 saturated heterocycles. The minimum atomic E-state index is 0.220. The summed E-state index contributed by atoms with van der Waals surface area (Å²) in [4.78, 5) is 18.0. The smallest absolute Gasteiger partial charge is 0.248 e. The highest BCUT2D eigenvalue weighted by molar-refractivity contribution is 5.69. The van der Waals surface area contributed by atoms with Crippen molar-refractivity contribution < 1.29 is 9.52 Å². The van der Waals surface area contributed by atoms with Gasteiger partial charge in [-0.2, -0.15) is 0 Å². The van der Waals surface area contributed by atoms with Crippen molar-refractivity contribution in [3.8, 4) is 34.2 Å². The monoisotopic (exact) mass is 548 g/mol. The number of anilines is 2. The zero-order valence-electron chi connectivity index (χ0n) is 22.9. The summed E-state index contributed by atoms with van der Waals surface area (Å²) in [6, 6.07) is 19.9. The van der Waals surface area contributed by atoms with Crippen LogP contribution in [0.3, 0.4) is 0 Å². The highest BCUT2D eigenvalue weighted by Gasteiger charge is 2.17. The maximum absolute atomic E-state index is 9.14. The first-order valence-electron chi connectivity index (χ1n) is 13.7. The van der Waals surface area contributed by atoms with E-state index >= 15 is 0 Å². The molecule has 5 aromatic rings. The summed E-state index contributed by atoms with van der Waals surface area (Å²) < 4.78 is 6.08. The Labute approximate surface area is 238 Å². The van der Waals surface area contributed by atoms with Crippen LogP contribution in [-0.2, 0) is 6.54 Å². The van der Waals surface area contributed by atoms with E-state index in [-0.39, 0.29) is 6.61 Å². The van der Waals surface area contributed by atoms with Crippen molar-refractivity contribution >= 4 is 11.6 Å². The van der Waals surface area contributed by atoms with E-state index in [9.17, 15) is 0 Å². The highest BCUT2D eigenvalue weighted by atomic mass is 16.4. The molecule has 208 valence electrons. The first-order chi connectivity index (χ1) is 20.1. The van der Waals surface area contributed by atoms with E-state index in [2.05, 4.69) is 52.4 Å². The predicted octanol–water partition coefficient (Wildman–Crippen LogP) is 4.42. The number of aryl methyl sites for hydroxylation is 1. The van der Waals surface area contributed by atoms with Gasteiger partial charge in [-0.1, -0.05) is 18.2 Å². The molecule has 10 heteroatoms. The van der Waals surface area contributed by atoms with Gasteiger partial charge >= 0.3 is 0 Å². The lowest BCUT2D eigenvalue weighted by Gasteiger charge is -2.34. The van der Waals surface area contributed by atoms with E-state index in [1.54, 1.807) is 18.6 Å². The SMILES string of the molecule is Cc1ccc(-c2nnc(-c3ccc(CN4CCN(CCO)CC4)cc3)o2)cc1Nc1nccc(-c2cccnc2)n1. The van der Waals surface area contributed by atoms with Gasteiger partial charge in [-0.15, -0.1) is 10.2 Å². The summed E-state index contributed by atoms with van der Waals surface area (Å²) in [7, 11) is 0. The van der Waals surface area contributed by atoms with E-state index in [4.69, 9.17) is 9.52 Å². The number of β-amino-alcohol motifs (C(OH)–C–C–N with tert-alkyl or cyclic N) is 1. The third-order valence-corrected chi connectivity index (χ3v) is 7.26. The highest BCUT2D eigenvalue weighted by Crippen LogP contribution is 2.29. The number of aromatic nitrogens is 5. The minimum absolute atomic E-state index is 0.220. The Morgan fingerprint density at radius 3 is 2.37 bits per heavy atom. The fourth-order valence-electron chi connectivity index (χ4n) is 4.88. The average molecular weight is 549 g/mol. The summed E-state index contributed by atoms with van der Waals surface area (Å²) in [6.07, 6.45) is 5.24. The number of nitrogens with zero attached hydrogens (tertiary/aromatic N) is 7. The third-order valence-electron chi connectivity index (χ3n) is 7.26. The normalized spacial score (nSPS) is 14.3. The Hall–Kier alpha value is -4.51. The van der Waals surface area contributed by atoms with Crippen LogP contribution in [-0.4, -0.2) is 79.4 Å². The van der Waals surface area contributed by atoms with E-state index in [1.165, 1.54) is 5.56 Å². The van der Waals surface area contributed by atoms with Crippen molar-refractivity contribution in [1.29, 1.82) is 0 Å². The standard InChI is InChI=1S/C31H32N8O2/c1-22-4-7-25(19-28(22)35-31-33-12-10-27(34-31)26-3-2-11-32-20-26)30-37-36-29(41-30)24-8-5-23(6-9-24)21-39-15-13-38(14-16-39)17-18-40/h2-12,19-20,40H,13-18,21H2,1H3,(H,33,34,35). The van der Waals surface area contributed by atoms with Gasteiger partial charge in [0.1, 0.15) is 0 Å². The molecule has 1 aliphatic rings. The maximum Gasteiger partial charge on any atom is 0.248 e. The Kier molecular flexibility index (Phi) is 8.04. The molecule has 0 atom stereocenters. The molecule has 3 aromatic heterocycles. The fourth-order valence-corrected chi connectivity index (χ4v) is 4.88. The molecule has 4 heterocycles. The largest absolute Gasteiger partial charge is 0.416 e. The number of piperazine rings is 1. The van der Waals surface area contributed by atoms with Crippen molar-refractivity contribution in [3.63, 3.8) is 0 Å². The van der Waals surface area contributed by atoms with Crippen LogP contribution in [0.5, 0.6) is 0 Å². The molecular formula is C31H32N8O2. The number of nitrogens with one attached hydrogen (secondary N) is 1. The molecular weight excluding hydrogens is 516 g/mol. The van der Waals surface area contributed by atoms with Crippen LogP contribution in [0.1, 0.15) is 11.1 Å². The average Bonchev–Trinajstić information content (AvgIpc) is 3.51. The molecule has 0 bridgehead atoms. The summed E-state index contributed by atoms with van der Waals surface area (Å²) in [5.41, 5.74) is 6.53. The third kappa shape index (κ3) is 6.46. The van der Waals surface area contributed by atoms with Gasteiger partial charge in [-0.25, -0.2) is 9.97 Å². The lowest BCUT2D eigenvalue weighted by molar-refractivity contribution is 0.108. The topological polar surface area (TPSA) is 116 Å². The molecule has 0 unspecified atom stereocenters. The number of rotatable bonds is 9. The molecule has 0 saturated carbocycles. The van der Waals surface area contributed by atoms with Crippen LogP contribution < -0.4 is 5.32 Å². The van der Waals surface area contributed by atoms with Crippen LogP contribution in [0.15, 0.2) is 83.7 Å². The van der Waals surface area contributed by atoms with Gasteiger partial charge in [-0.3, -0.25) is 14.8 Å². The number of pyridine rings is 1. The minimum Gasteiger partial charge on any atom is -0.416 e. The van der Waals surface area contributed by atoms with Crippen molar-refractivity contribution in [2.75, 3.05) is 44.6 Å². The summed E-state index contributed by atoms with van der Waals surface area (Å²) in [5, 5.41) is 21.1. The zero-order valence-corrected chi connectivity index (χ0v) is 22.9. The zero-order chi connectivity index (χ0) is 28.0. The number of benzene rings is 2. The van der Waals surface area contributed by atoms with Gasteiger partial charge in [0.05, 0.1) is 12.3 Å². The van der Waals surface area contributed by atoms with Crippen molar-refractivity contribution in [2.24, 2.45) is 0 Å². The second-order valence-electron chi connectivity index (χ2n) is 10.1. The molecule has 41 heavy (non-hydrogen) atoms. The molecule has 0 spiro atoms. The van der Waals surface area contributed by atoms with Crippen molar-refractivity contribution in [2.45, 2.75) is 13.5 Å². The Bertz CT molecular complexity index is 1580. The molecule has 0 radical (unpaired) electrons. The predicted molar refractivity (Wildman–Crippen MR) is 157 cm³/mol. The second kappa shape index (κ2) is 12.3. The van der Waals surface area contributed by atoms with Gasteiger partial charge in [0.25, 0.3) is 0 Å². The van der Waals surface area contributed by atoms with Crippen molar-refractivity contribution in [3.05, 3.63) is 90.4 Å². The van der Waals surface area contributed by atoms with Crippen LogP contribution in [0.25, 0.3) is 34.2 Å². The van der Waals surface area contributed by atoms with E-state index < -0.39 is 0 Å². The van der Waals surface area contributed by atoms with E-state index in [0.29, 0.717) is 17.7 Å². The van der Waals surface area contributed by atoms with Crippen molar-refractivity contribution in [1.82, 2.24) is 34.9 Å². The Morgan fingerprint density at radius 1 is 0.854 bits per heavy atom. The van der Waals surface area contributed by atoms with Gasteiger partial charge in [0.15, 0.2) is 0 Å². The molecule has 2 N–H and O–H groups in total. The van der Waals surface area contributed by atoms with Crippen LogP contribution in [0.4, 0.5) is 11.6 Å². The number of aliphatic hydroxyl groups is 1. The maximum atomic E-state index is 9.14. The molecule has 10 nitrogen and oxygen atoms in total. The molecule has 1 fully saturated rings. The van der Waals surface area contributed by atoms with Gasteiger partial charge in [0, 0.05) is 80.2 Å². The van der Waals surface area contributed by atoms with Crippen LogP contribution >= 0.6 is 0 Å². The summed E-state index contributed by atoms with van der Waals surface area (Å²) in [6.45, 7) is 7.88. The van der Waals surface area contributed by atoms with Crippen LogP contribution in [0, 0.1) is 6.92 Å². The summed E-state index contributed by atoms with van der Waals surface area (Å²) in [5.74, 6) is 1.41. The summed E-state index contributed by atoms with van der Waals surface area (Å²) >= 11 is 0. The van der Waals surface area contributed by atoms with Gasteiger partial charge in [0.2, 0.25) is 17.7 Å². The van der Waals surface area contributed by atoms with Crippen LogP contribution in [0.2, 0.25) is 0 Å². The molecule has 6 rings (SSSR count). The number of aliphatic hydroxyl groups excluding tert-OH is 1. The number of hydrogen-bond acceptors (Lipinski definition) is 10. The van der Waals surface area contributed by atoms with E-state index in [0.717, 1.165) is 72.9 Å². The molecule has 0 aliphatic carbocycles.